The smallest absolute Gasteiger partial charge is 0.0375 e. The summed E-state index contributed by atoms with van der Waals surface area (Å²) >= 11 is 0. The number of hydrogen-bond acceptors (Lipinski definition) is 1. The van der Waals surface area contributed by atoms with Gasteiger partial charge in [-0.1, -0.05) is 38.1 Å². The Morgan fingerprint density at radius 3 is 2.38 bits per heavy atom. The summed E-state index contributed by atoms with van der Waals surface area (Å²) in [6, 6.07) is 9.61. The van der Waals surface area contributed by atoms with E-state index in [-0.39, 0.29) is 0 Å². The van der Waals surface area contributed by atoms with Crippen LogP contribution in [-0.4, -0.2) is 6.54 Å². The molecular formula is C15H21N. The van der Waals surface area contributed by atoms with Gasteiger partial charge in [-0.2, -0.15) is 0 Å². The van der Waals surface area contributed by atoms with Crippen molar-refractivity contribution in [3.63, 3.8) is 0 Å². The van der Waals surface area contributed by atoms with Crippen LogP contribution in [0, 0.1) is 5.41 Å². The van der Waals surface area contributed by atoms with Gasteiger partial charge in [-0.15, -0.1) is 0 Å². The fourth-order valence-corrected chi connectivity index (χ4v) is 3.03. The Bertz CT molecular complexity index is 390. The average Bonchev–Trinajstić information content (AvgIpc) is 3.03. The van der Waals surface area contributed by atoms with E-state index in [2.05, 4.69) is 43.4 Å². The van der Waals surface area contributed by atoms with Crippen molar-refractivity contribution >= 4 is 0 Å². The highest BCUT2D eigenvalue weighted by atomic mass is 15.0. The summed E-state index contributed by atoms with van der Waals surface area (Å²) in [6.07, 6.45) is 4.07. The van der Waals surface area contributed by atoms with Crippen LogP contribution in [0.1, 0.15) is 56.2 Å². The maximum atomic E-state index is 3.69. The first kappa shape index (κ1) is 10.3. The minimum atomic E-state index is 0.408. The lowest BCUT2D eigenvalue weighted by Crippen LogP contribution is -2.24. The Balaban J connectivity index is 1.99. The summed E-state index contributed by atoms with van der Waals surface area (Å²) in [5, 5.41) is 3.69. The topological polar surface area (TPSA) is 12.0 Å². The van der Waals surface area contributed by atoms with Gasteiger partial charge in [0, 0.05) is 6.04 Å². The lowest BCUT2D eigenvalue weighted by atomic mass is 9.79. The molecule has 1 heteroatoms. The van der Waals surface area contributed by atoms with E-state index in [1.165, 1.54) is 19.3 Å². The Morgan fingerprint density at radius 1 is 1.12 bits per heavy atom. The van der Waals surface area contributed by atoms with Gasteiger partial charge in [0.2, 0.25) is 0 Å². The molecule has 0 bridgehead atoms. The standard InChI is InChI=1S/C15H21N/c1-15(2)9-10-16-14(15)13-6-4-3-5-12(13)11-7-8-11/h3-6,11,14,16H,7-10H2,1-2H3. The number of benzene rings is 1. The third kappa shape index (κ3) is 1.67. The van der Waals surface area contributed by atoms with Gasteiger partial charge in [0.05, 0.1) is 0 Å². The highest BCUT2D eigenvalue weighted by molar-refractivity contribution is 5.37. The number of rotatable bonds is 2. The lowest BCUT2D eigenvalue weighted by molar-refractivity contribution is 0.319. The maximum Gasteiger partial charge on any atom is 0.0375 e. The first-order valence-electron chi connectivity index (χ1n) is 6.51. The highest BCUT2D eigenvalue weighted by Gasteiger charge is 2.38. The molecule has 16 heavy (non-hydrogen) atoms. The second-order valence-electron chi connectivity index (χ2n) is 6.03. The van der Waals surface area contributed by atoms with Crippen LogP contribution in [0.2, 0.25) is 0 Å². The van der Waals surface area contributed by atoms with Crippen LogP contribution in [0.25, 0.3) is 0 Å². The molecule has 0 amide bonds. The SMILES string of the molecule is CC1(C)CCNC1c1ccccc1C1CC1. The number of nitrogens with one attached hydrogen (secondary N) is 1. The van der Waals surface area contributed by atoms with Crippen molar-refractivity contribution in [3.05, 3.63) is 35.4 Å². The molecule has 1 aliphatic heterocycles. The molecule has 3 rings (SSSR count). The fraction of sp³-hybridized carbons (Fsp3) is 0.600. The van der Waals surface area contributed by atoms with Gasteiger partial charge >= 0.3 is 0 Å². The minimum Gasteiger partial charge on any atom is -0.309 e. The Hall–Kier alpha value is -0.820. The molecule has 0 radical (unpaired) electrons. The van der Waals surface area contributed by atoms with Crippen LogP contribution >= 0.6 is 0 Å². The van der Waals surface area contributed by atoms with E-state index in [4.69, 9.17) is 0 Å². The van der Waals surface area contributed by atoms with Crippen molar-refractivity contribution in [3.8, 4) is 0 Å². The van der Waals surface area contributed by atoms with Crippen LogP contribution < -0.4 is 5.32 Å². The zero-order valence-corrected chi connectivity index (χ0v) is 10.3. The zero-order chi connectivity index (χ0) is 11.2. The molecule has 0 aromatic heterocycles. The van der Waals surface area contributed by atoms with Crippen LogP contribution in [-0.2, 0) is 0 Å². The van der Waals surface area contributed by atoms with Gasteiger partial charge in [-0.05, 0) is 48.3 Å². The molecule has 1 nitrogen and oxygen atoms in total. The third-order valence-corrected chi connectivity index (χ3v) is 4.22. The van der Waals surface area contributed by atoms with Crippen molar-refractivity contribution in [2.45, 2.75) is 45.1 Å². The molecule has 1 saturated carbocycles. The van der Waals surface area contributed by atoms with E-state index in [0.717, 1.165) is 12.5 Å². The van der Waals surface area contributed by atoms with Crippen molar-refractivity contribution in [1.29, 1.82) is 0 Å². The minimum absolute atomic E-state index is 0.408. The average molecular weight is 215 g/mol. The molecule has 0 spiro atoms. The molecule has 1 aliphatic carbocycles. The Morgan fingerprint density at radius 2 is 1.81 bits per heavy atom. The van der Waals surface area contributed by atoms with E-state index in [9.17, 15) is 0 Å². The van der Waals surface area contributed by atoms with Crippen molar-refractivity contribution in [2.24, 2.45) is 5.41 Å². The van der Waals surface area contributed by atoms with E-state index in [1.54, 1.807) is 11.1 Å². The molecule has 1 saturated heterocycles. The summed E-state index contributed by atoms with van der Waals surface area (Å²) in [4.78, 5) is 0. The molecule has 1 heterocycles. The normalized spacial score (nSPS) is 28.2. The monoisotopic (exact) mass is 215 g/mol. The van der Waals surface area contributed by atoms with E-state index >= 15 is 0 Å². The molecule has 2 aliphatic rings. The molecule has 86 valence electrons. The van der Waals surface area contributed by atoms with Crippen LogP contribution in [0.5, 0.6) is 0 Å². The fourth-order valence-electron chi connectivity index (χ4n) is 3.03. The molecule has 1 N–H and O–H groups in total. The van der Waals surface area contributed by atoms with Gasteiger partial charge in [0.15, 0.2) is 0 Å². The van der Waals surface area contributed by atoms with Crippen LogP contribution in [0.4, 0.5) is 0 Å². The lowest BCUT2D eigenvalue weighted by Gasteiger charge is -2.28. The predicted molar refractivity (Wildman–Crippen MR) is 67.6 cm³/mol. The summed E-state index contributed by atoms with van der Waals surface area (Å²) < 4.78 is 0. The quantitative estimate of drug-likeness (QED) is 0.794. The van der Waals surface area contributed by atoms with Crippen LogP contribution in [0.3, 0.4) is 0 Å². The van der Waals surface area contributed by atoms with Crippen molar-refractivity contribution in [2.75, 3.05) is 6.54 Å². The van der Waals surface area contributed by atoms with E-state index < -0.39 is 0 Å². The molecule has 1 unspecified atom stereocenters. The zero-order valence-electron chi connectivity index (χ0n) is 10.3. The summed E-state index contributed by atoms with van der Waals surface area (Å²) in [7, 11) is 0. The first-order valence-corrected chi connectivity index (χ1v) is 6.51. The summed E-state index contributed by atoms with van der Waals surface area (Å²) in [5.41, 5.74) is 3.58. The van der Waals surface area contributed by atoms with Gasteiger partial charge in [-0.25, -0.2) is 0 Å². The summed E-state index contributed by atoms with van der Waals surface area (Å²) in [6.45, 7) is 5.94. The van der Waals surface area contributed by atoms with Gasteiger partial charge in [0.25, 0.3) is 0 Å². The molecule has 1 atom stereocenters. The van der Waals surface area contributed by atoms with Crippen LogP contribution in [0.15, 0.2) is 24.3 Å². The van der Waals surface area contributed by atoms with Gasteiger partial charge in [0.1, 0.15) is 0 Å². The predicted octanol–water partition coefficient (Wildman–Crippen LogP) is 3.62. The Labute approximate surface area is 98.3 Å². The third-order valence-electron chi connectivity index (χ3n) is 4.22. The highest BCUT2D eigenvalue weighted by Crippen LogP contribution is 2.47. The molecule has 1 aromatic rings. The van der Waals surface area contributed by atoms with E-state index in [1.807, 2.05) is 0 Å². The van der Waals surface area contributed by atoms with Gasteiger partial charge in [-0.3, -0.25) is 0 Å². The molecular weight excluding hydrogens is 194 g/mol. The first-order chi connectivity index (χ1) is 7.68. The largest absolute Gasteiger partial charge is 0.309 e. The molecule has 2 fully saturated rings. The van der Waals surface area contributed by atoms with Gasteiger partial charge < -0.3 is 5.32 Å². The second-order valence-corrected chi connectivity index (χ2v) is 6.03. The van der Waals surface area contributed by atoms with Crippen molar-refractivity contribution in [1.82, 2.24) is 5.32 Å². The van der Waals surface area contributed by atoms with Crippen molar-refractivity contribution < 1.29 is 0 Å². The maximum absolute atomic E-state index is 3.69. The summed E-state index contributed by atoms with van der Waals surface area (Å²) in [5.74, 6) is 0.856. The second kappa shape index (κ2) is 3.59. The van der Waals surface area contributed by atoms with E-state index in [0.29, 0.717) is 11.5 Å². The Kier molecular flexibility index (Phi) is 2.32. The molecule has 1 aromatic carbocycles. The number of hydrogen-bond donors (Lipinski definition) is 1.